The van der Waals surface area contributed by atoms with Crippen LogP contribution in [0.15, 0.2) is 12.7 Å². The Morgan fingerprint density at radius 2 is 2.31 bits per heavy atom. The highest BCUT2D eigenvalue weighted by Crippen LogP contribution is 2.32. The molecule has 0 aromatic carbocycles. The molecular weight excluding hydrogens is 210 g/mol. The SMILES string of the molecule is Nc1ncnc2c1ncn2[C@H]1C[C@@H](CO)O1. The quantitative estimate of drug-likeness (QED) is 0.721. The van der Waals surface area contributed by atoms with Gasteiger partial charge >= 0.3 is 0 Å². The van der Waals surface area contributed by atoms with Crippen molar-refractivity contribution in [1.29, 1.82) is 0 Å². The van der Waals surface area contributed by atoms with Crippen LogP contribution in [-0.2, 0) is 4.74 Å². The fraction of sp³-hybridized carbons (Fsp3) is 0.444. The number of nitrogens with two attached hydrogens (primary N) is 1. The summed E-state index contributed by atoms with van der Waals surface area (Å²) in [4.78, 5) is 12.1. The van der Waals surface area contributed by atoms with E-state index in [1.807, 2.05) is 0 Å². The summed E-state index contributed by atoms with van der Waals surface area (Å²) in [6.45, 7) is 0.0419. The Balaban J connectivity index is 1.97. The summed E-state index contributed by atoms with van der Waals surface area (Å²) in [6, 6.07) is 0. The molecule has 3 heterocycles. The zero-order chi connectivity index (χ0) is 11.1. The topological polar surface area (TPSA) is 99.1 Å². The van der Waals surface area contributed by atoms with Gasteiger partial charge in [0.25, 0.3) is 0 Å². The third-order valence-electron chi connectivity index (χ3n) is 2.72. The summed E-state index contributed by atoms with van der Waals surface area (Å²) in [5.74, 6) is 0.363. The first-order valence-electron chi connectivity index (χ1n) is 4.99. The molecule has 7 heteroatoms. The van der Waals surface area contributed by atoms with Crippen LogP contribution in [0.1, 0.15) is 12.6 Å². The van der Waals surface area contributed by atoms with Gasteiger partial charge in [-0.05, 0) is 0 Å². The molecule has 0 spiro atoms. The van der Waals surface area contributed by atoms with E-state index >= 15 is 0 Å². The molecule has 3 N–H and O–H groups in total. The number of hydrogen-bond acceptors (Lipinski definition) is 6. The zero-order valence-corrected chi connectivity index (χ0v) is 8.45. The van der Waals surface area contributed by atoms with Crippen LogP contribution in [-0.4, -0.2) is 37.3 Å². The summed E-state index contributed by atoms with van der Waals surface area (Å²) in [5.41, 5.74) is 6.92. The summed E-state index contributed by atoms with van der Waals surface area (Å²) in [7, 11) is 0. The summed E-state index contributed by atoms with van der Waals surface area (Å²) in [6.07, 6.45) is 3.59. The van der Waals surface area contributed by atoms with Gasteiger partial charge < -0.3 is 15.6 Å². The number of imidazole rings is 1. The minimum absolute atomic E-state index is 0.0419. The van der Waals surface area contributed by atoms with Gasteiger partial charge in [0.15, 0.2) is 11.5 Å². The van der Waals surface area contributed by atoms with Crippen molar-refractivity contribution in [2.75, 3.05) is 12.3 Å². The van der Waals surface area contributed by atoms with Crippen molar-refractivity contribution in [1.82, 2.24) is 19.5 Å². The maximum atomic E-state index is 8.86. The monoisotopic (exact) mass is 221 g/mol. The van der Waals surface area contributed by atoms with E-state index in [0.717, 1.165) is 6.42 Å². The number of nitrogen functional groups attached to an aromatic ring is 1. The molecule has 1 fully saturated rings. The lowest BCUT2D eigenvalue weighted by atomic mass is 10.1. The van der Waals surface area contributed by atoms with Crippen LogP contribution in [0, 0.1) is 0 Å². The van der Waals surface area contributed by atoms with E-state index in [-0.39, 0.29) is 18.9 Å². The molecule has 16 heavy (non-hydrogen) atoms. The first-order chi connectivity index (χ1) is 7.79. The molecule has 0 aliphatic carbocycles. The van der Waals surface area contributed by atoms with Gasteiger partial charge in [-0.25, -0.2) is 15.0 Å². The summed E-state index contributed by atoms with van der Waals surface area (Å²) >= 11 is 0. The zero-order valence-electron chi connectivity index (χ0n) is 8.45. The van der Waals surface area contributed by atoms with Crippen molar-refractivity contribution in [3.63, 3.8) is 0 Å². The molecule has 84 valence electrons. The summed E-state index contributed by atoms with van der Waals surface area (Å²) in [5, 5.41) is 8.86. The Bertz CT molecular complexity index is 520. The van der Waals surface area contributed by atoms with Crippen LogP contribution in [0.3, 0.4) is 0 Å². The van der Waals surface area contributed by atoms with Crippen molar-refractivity contribution in [2.45, 2.75) is 18.8 Å². The molecule has 1 aliphatic heterocycles. The highest BCUT2D eigenvalue weighted by molar-refractivity contribution is 5.81. The third kappa shape index (κ3) is 1.25. The van der Waals surface area contributed by atoms with Crippen LogP contribution in [0.5, 0.6) is 0 Å². The number of aromatic nitrogens is 4. The van der Waals surface area contributed by atoms with E-state index in [4.69, 9.17) is 15.6 Å². The molecule has 2 aromatic rings. The number of rotatable bonds is 2. The normalized spacial score (nSPS) is 24.6. The first-order valence-corrected chi connectivity index (χ1v) is 4.99. The van der Waals surface area contributed by atoms with Gasteiger partial charge in [0.1, 0.15) is 18.1 Å². The predicted octanol–water partition coefficient (Wildman–Crippen LogP) is -0.312. The van der Waals surface area contributed by atoms with E-state index in [1.165, 1.54) is 6.33 Å². The smallest absolute Gasteiger partial charge is 0.167 e. The molecule has 7 nitrogen and oxygen atoms in total. The molecule has 0 radical (unpaired) electrons. The van der Waals surface area contributed by atoms with E-state index in [2.05, 4.69) is 15.0 Å². The van der Waals surface area contributed by atoms with E-state index in [0.29, 0.717) is 17.0 Å². The molecule has 0 amide bonds. The van der Waals surface area contributed by atoms with E-state index in [9.17, 15) is 0 Å². The number of aliphatic hydroxyl groups excluding tert-OH is 1. The number of anilines is 1. The van der Waals surface area contributed by atoms with Crippen LogP contribution >= 0.6 is 0 Å². The lowest BCUT2D eigenvalue weighted by Gasteiger charge is -2.35. The van der Waals surface area contributed by atoms with Gasteiger partial charge in [-0.1, -0.05) is 0 Å². The lowest BCUT2D eigenvalue weighted by molar-refractivity contribution is -0.178. The molecular formula is C9H11N5O2. The maximum Gasteiger partial charge on any atom is 0.167 e. The van der Waals surface area contributed by atoms with Crippen molar-refractivity contribution in [2.24, 2.45) is 0 Å². The molecule has 1 aliphatic rings. The van der Waals surface area contributed by atoms with Crippen molar-refractivity contribution in [3.05, 3.63) is 12.7 Å². The van der Waals surface area contributed by atoms with E-state index in [1.54, 1.807) is 10.9 Å². The van der Waals surface area contributed by atoms with Gasteiger partial charge in [0, 0.05) is 6.42 Å². The van der Waals surface area contributed by atoms with Crippen molar-refractivity contribution < 1.29 is 9.84 Å². The van der Waals surface area contributed by atoms with Gasteiger partial charge in [-0.15, -0.1) is 0 Å². The number of fused-ring (bicyclic) bond motifs is 1. The van der Waals surface area contributed by atoms with Gasteiger partial charge in [0.2, 0.25) is 0 Å². The Morgan fingerprint density at radius 1 is 1.50 bits per heavy atom. The largest absolute Gasteiger partial charge is 0.394 e. The molecule has 2 aromatic heterocycles. The van der Waals surface area contributed by atoms with Crippen LogP contribution < -0.4 is 5.73 Å². The molecule has 0 saturated carbocycles. The maximum absolute atomic E-state index is 8.86. The van der Waals surface area contributed by atoms with Crippen LogP contribution in [0.4, 0.5) is 5.82 Å². The minimum atomic E-state index is -0.114. The Labute approximate surface area is 90.9 Å². The standard InChI is InChI=1S/C9H11N5O2/c10-8-7-9(12-3-11-8)14(4-13-7)6-1-5(2-15)16-6/h3-6,15H,1-2H2,(H2,10,11,12)/t5-,6+/m0/s1. The highest BCUT2D eigenvalue weighted by atomic mass is 16.5. The second-order valence-corrected chi connectivity index (χ2v) is 3.71. The Kier molecular flexibility index (Phi) is 2.01. The Morgan fingerprint density at radius 3 is 3.06 bits per heavy atom. The summed E-state index contributed by atoms with van der Waals surface area (Å²) < 4.78 is 7.26. The molecule has 0 bridgehead atoms. The Hall–Kier alpha value is -1.73. The van der Waals surface area contributed by atoms with Crippen LogP contribution in [0.2, 0.25) is 0 Å². The van der Waals surface area contributed by atoms with Crippen LogP contribution in [0.25, 0.3) is 11.2 Å². The lowest BCUT2D eigenvalue weighted by Crippen LogP contribution is -2.36. The highest BCUT2D eigenvalue weighted by Gasteiger charge is 2.32. The van der Waals surface area contributed by atoms with Crippen molar-refractivity contribution >= 4 is 17.0 Å². The fourth-order valence-corrected chi connectivity index (χ4v) is 1.81. The second kappa shape index (κ2) is 3.39. The number of ether oxygens (including phenoxy) is 1. The molecule has 0 unspecified atom stereocenters. The van der Waals surface area contributed by atoms with Crippen molar-refractivity contribution in [3.8, 4) is 0 Å². The van der Waals surface area contributed by atoms with E-state index < -0.39 is 0 Å². The fourth-order valence-electron chi connectivity index (χ4n) is 1.81. The number of hydrogen-bond donors (Lipinski definition) is 2. The second-order valence-electron chi connectivity index (χ2n) is 3.71. The van der Waals surface area contributed by atoms with Gasteiger partial charge in [0.05, 0.1) is 19.0 Å². The molecule has 2 atom stereocenters. The minimum Gasteiger partial charge on any atom is -0.394 e. The average Bonchev–Trinajstić information content (AvgIpc) is 2.62. The third-order valence-corrected chi connectivity index (χ3v) is 2.72. The van der Waals surface area contributed by atoms with Gasteiger partial charge in [-0.2, -0.15) is 0 Å². The number of nitrogens with zero attached hydrogens (tertiary/aromatic N) is 4. The first kappa shape index (κ1) is 9.49. The molecule has 1 saturated heterocycles. The van der Waals surface area contributed by atoms with Gasteiger partial charge in [-0.3, -0.25) is 4.57 Å². The predicted molar refractivity (Wildman–Crippen MR) is 55.3 cm³/mol. The molecule has 3 rings (SSSR count). The number of aliphatic hydroxyl groups is 1. The average molecular weight is 221 g/mol.